The summed E-state index contributed by atoms with van der Waals surface area (Å²) in [7, 11) is -1.80. The summed E-state index contributed by atoms with van der Waals surface area (Å²) in [6, 6.07) is 6.48. The third-order valence-electron chi connectivity index (χ3n) is 5.69. The number of fused-ring (bicyclic) bond motifs is 2. The van der Waals surface area contributed by atoms with Gasteiger partial charge in [-0.3, -0.25) is 0 Å². The molecule has 0 aromatic heterocycles. The predicted octanol–water partition coefficient (Wildman–Crippen LogP) is 6.18. The van der Waals surface area contributed by atoms with Gasteiger partial charge in [-0.25, -0.2) is 0 Å². The molecule has 2 aliphatic rings. The molecule has 1 heterocycles. The summed E-state index contributed by atoms with van der Waals surface area (Å²) < 4.78 is 12.5. The number of benzene rings is 1. The van der Waals surface area contributed by atoms with Crippen LogP contribution in [-0.2, 0) is 0 Å². The minimum atomic E-state index is -1.80. The molecule has 0 saturated carbocycles. The van der Waals surface area contributed by atoms with Crippen LogP contribution in [0.15, 0.2) is 23.8 Å². The van der Waals surface area contributed by atoms with Crippen molar-refractivity contribution in [2.24, 2.45) is 0 Å². The fourth-order valence-corrected chi connectivity index (χ4v) is 4.20. The molecule has 0 amide bonds. The lowest BCUT2D eigenvalue weighted by atomic mass is 9.93. The summed E-state index contributed by atoms with van der Waals surface area (Å²) in [4.78, 5) is 0. The second-order valence-electron chi connectivity index (χ2n) is 8.45. The molecule has 0 saturated heterocycles. The summed E-state index contributed by atoms with van der Waals surface area (Å²) in [6.45, 7) is 12.2. The minimum absolute atomic E-state index is 0.209. The fraction of sp³-hybridized carbons (Fsp3) is 0.600. The van der Waals surface area contributed by atoms with E-state index in [-0.39, 0.29) is 5.04 Å². The van der Waals surface area contributed by atoms with Crippen LogP contribution < -0.4 is 9.16 Å². The SMILES string of the molecule is CC(C)(C)[Si](C)(C)Oc1ccc2c(c1)OCC1=C2CCCCC1. The van der Waals surface area contributed by atoms with Crippen molar-refractivity contribution in [1.82, 2.24) is 0 Å². The van der Waals surface area contributed by atoms with Crippen molar-refractivity contribution < 1.29 is 9.16 Å². The van der Waals surface area contributed by atoms with Crippen molar-refractivity contribution in [2.75, 3.05) is 6.61 Å². The number of rotatable bonds is 2. The molecule has 0 spiro atoms. The Balaban J connectivity index is 1.88. The largest absolute Gasteiger partial charge is 0.543 e. The average molecular weight is 331 g/mol. The lowest BCUT2D eigenvalue weighted by Gasteiger charge is -2.36. The summed E-state index contributed by atoms with van der Waals surface area (Å²) in [5.41, 5.74) is 4.37. The van der Waals surface area contributed by atoms with Crippen LogP contribution in [0.25, 0.3) is 5.57 Å². The molecule has 2 nitrogen and oxygen atoms in total. The minimum Gasteiger partial charge on any atom is -0.543 e. The molecule has 0 fully saturated rings. The first kappa shape index (κ1) is 16.6. The van der Waals surface area contributed by atoms with E-state index in [2.05, 4.69) is 52.1 Å². The summed E-state index contributed by atoms with van der Waals surface area (Å²) >= 11 is 0. The molecule has 3 heteroatoms. The third kappa shape index (κ3) is 3.35. The Kier molecular flexibility index (Phi) is 4.34. The number of allylic oxidation sites excluding steroid dienone is 1. The van der Waals surface area contributed by atoms with Gasteiger partial charge in [0.2, 0.25) is 8.32 Å². The normalized spacial score (nSPS) is 18.7. The zero-order valence-corrected chi connectivity index (χ0v) is 16.3. The second kappa shape index (κ2) is 6.01. The Morgan fingerprint density at radius 1 is 1.04 bits per heavy atom. The Labute approximate surface area is 142 Å². The Hall–Kier alpha value is -1.22. The zero-order chi connectivity index (χ0) is 16.7. The first-order valence-electron chi connectivity index (χ1n) is 8.95. The van der Waals surface area contributed by atoms with Crippen LogP contribution >= 0.6 is 0 Å². The van der Waals surface area contributed by atoms with Crippen LogP contribution in [0.5, 0.6) is 11.5 Å². The summed E-state index contributed by atoms with van der Waals surface area (Å²) in [5.74, 6) is 1.98. The first-order valence-corrected chi connectivity index (χ1v) is 11.9. The lowest BCUT2D eigenvalue weighted by Crippen LogP contribution is -2.43. The highest BCUT2D eigenvalue weighted by Gasteiger charge is 2.39. The number of hydrogen-bond donors (Lipinski definition) is 0. The highest BCUT2D eigenvalue weighted by atomic mass is 28.4. The van der Waals surface area contributed by atoms with Gasteiger partial charge >= 0.3 is 0 Å². The van der Waals surface area contributed by atoms with Crippen molar-refractivity contribution in [2.45, 2.75) is 71.0 Å². The van der Waals surface area contributed by atoms with Gasteiger partial charge < -0.3 is 9.16 Å². The maximum atomic E-state index is 6.44. The van der Waals surface area contributed by atoms with E-state index < -0.39 is 8.32 Å². The van der Waals surface area contributed by atoms with Crippen LogP contribution in [0.3, 0.4) is 0 Å². The van der Waals surface area contributed by atoms with E-state index in [1.54, 1.807) is 5.57 Å². The van der Waals surface area contributed by atoms with Gasteiger partial charge in [-0.1, -0.05) is 27.2 Å². The first-order chi connectivity index (χ1) is 10.8. The van der Waals surface area contributed by atoms with Crippen molar-refractivity contribution in [3.05, 3.63) is 29.3 Å². The molecule has 3 rings (SSSR count). The van der Waals surface area contributed by atoms with Crippen LogP contribution in [0.2, 0.25) is 18.1 Å². The van der Waals surface area contributed by atoms with E-state index >= 15 is 0 Å². The van der Waals surface area contributed by atoms with Crippen LogP contribution in [0, 0.1) is 0 Å². The Bertz CT molecular complexity index is 623. The number of ether oxygens (including phenoxy) is 1. The van der Waals surface area contributed by atoms with Crippen LogP contribution in [0.1, 0.15) is 58.4 Å². The van der Waals surface area contributed by atoms with Crippen molar-refractivity contribution in [1.29, 1.82) is 0 Å². The molecule has 1 aliphatic carbocycles. The molecular weight excluding hydrogens is 300 g/mol. The molecule has 0 radical (unpaired) electrons. The molecule has 1 aromatic rings. The van der Waals surface area contributed by atoms with Gasteiger partial charge in [0, 0.05) is 11.6 Å². The Morgan fingerprint density at radius 3 is 2.52 bits per heavy atom. The maximum absolute atomic E-state index is 6.44. The van der Waals surface area contributed by atoms with Gasteiger partial charge in [0.05, 0.1) is 0 Å². The van der Waals surface area contributed by atoms with Gasteiger partial charge in [-0.15, -0.1) is 0 Å². The second-order valence-corrected chi connectivity index (χ2v) is 13.2. The van der Waals surface area contributed by atoms with Crippen LogP contribution in [0.4, 0.5) is 0 Å². The standard InChI is InChI=1S/C20H30O2Si/c1-20(2,3)23(4,5)22-16-11-12-18-17-10-8-6-7-9-15(17)14-21-19(18)13-16/h11-13H,6-10,14H2,1-5H3. The van der Waals surface area contributed by atoms with Gasteiger partial charge in [0.15, 0.2) is 0 Å². The molecule has 23 heavy (non-hydrogen) atoms. The molecule has 0 N–H and O–H groups in total. The summed E-state index contributed by atoms with van der Waals surface area (Å²) in [6.07, 6.45) is 6.37. The van der Waals surface area contributed by atoms with E-state index in [9.17, 15) is 0 Å². The fourth-order valence-electron chi connectivity index (χ4n) is 3.18. The topological polar surface area (TPSA) is 18.5 Å². The van der Waals surface area contributed by atoms with E-state index in [1.807, 2.05) is 0 Å². The molecule has 0 atom stereocenters. The highest BCUT2D eigenvalue weighted by Crippen LogP contribution is 2.43. The van der Waals surface area contributed by atoms with Gasteiger partial charge in [-0.2, -0.15) is 0 Å². The predicted molar refractivity (Wildman–Crippen MR) is 99.8 cm³/mol. The van der Waals surface area contributed by atoms with E-state index in [0.29, 0.717) is 0 Å². The van der Waals surface area contributed by atoms with Gasteiger partial charge in [0.25, 0.3) is 0 Å². The Morgan fingerprint density at radius 2 is 1.78 bits per heavy atom. The van der Waals surface area contributed by atoms with E-state index in [0.717, 1.165) is 18.1 Å². The molecule has 1 aliphatic heterocycles. The van der Waals surface area contributed by atoms with Gasteiger partial charge in [-0.05, 0) is 67.1 Å². The molecule has 126 valence electrons. The quantitative estimate of drug-likeness (QED) is 0.603. The molecular formula is C20H30O2Si. The average Bonchev–Trinajstić information content (AvgIpc) is 2.70. The summed E-state index contributed by atoms with van der Waals surface area (Å²) in [5, 5.41) is 0.209. The van der Waals surface area contributed by atoms with Crippen LogP contribution in [-0.4, -0.2) is 14.9 Å². The van der Waals surface area contributed by atoms with E-state index in [1.165, 1.54) is 43.2 Å². The van der Waals surface area contributed by atoms with Crippen molar-refractivity contribution >= 4 is 13.9 Å². The van der Waals surface area contributed by atoms with E-state index in [4.69, 9.17) is 9.16 Å². The molecule has 0 unspecified atom stereocenters. The third-order valence-corrected chi connectivity index (χ3v) is 10.0. The molecule has 1 aromatic carbocycles. The lowest BCUT2D eigenvalue weighted by molar-refractivity contribution is 0.339. The van der Waals surface area contributed by atoms with Crippen molar-refractivity contribution in [3.63, 3.8) is 0 Å². The van der Waals surface area contributed by atoms with Crippen molar-refractivity contribution in [3.8, 4) is 11.5 Å². The highest BCUT2D eigenvalue weighted by molar-refractivity contribution is 6.74. The van der Waals surface area contributed by atoms with Gasteiger partial charge in [0.1, 0.15) is 18.1 Å². The zero-order valence-electron chi connectivity index (χ0n) is 15.3. The molecule has 0 bridgehead atoms. The monoisotopic (exact) mass is 330 g/mol. The number of hydrogen-bond acceptors (Lipinski definition) is 2. The smallest absolute Gasteiger partial charge is 0.250 e. The maximum Gasteiger partial charge on any atom is 0.250 e.